The van der Waals surface area contributed by atoms with Crippen molar-refractivity contribution in [3.8, 4) is 16.2 Å². The second-order valence-corrected chi connectivity index (χ2v) is 13.6. The molecule has 0 saturated heterocycles. The number of carbonyl (C=O) groups is 1. The molecule has 0 aliphatic heterocycles. The van der Waals surface area contributed by atoms with Gasteiger partial charge < -0.3 is 15.8 Å². The maximum atomic E-state index is 13.9. The molecular formula is C27H35N5O4S3. The summed E-state index contributed by atoms with van der Waals surface area (Å²) in [4.78, 5) is 22.4. The van der Waals surface area contributed by atoms with Gasteiger partial charge in [-0.2, -0.15) is 4.31 Å². The van der Waals surface area contributed by atoms with Crippen LogP contribution >= 0.6 is 23.1 Å². The lowest BCUT2D eigenvalue weighted by atomic mass is 9.82. The van der Waals surface area contributed by atoms with Gasteiger partial charge in [0.2, 0.25) is 5.91 Å². The number of ether oxygens (including phenoxy) is 1. The molecule has 1 amide bonds. The van der Waals surface area contributed by atoms with Crippen LogP contribution in [0.25, 0.3) is 10.4 Å². The Morgan fingerprint density at radius 1 is 1.13 bits per heavy atom. The zero-order chi connectivity index (χ0) is 27.8. The lowest BCUT2D eigenvalue weighted by Gasteiger charge is -2.28. The molecule has 0 spiro atoms. The summed E-state index contributed by atoms with van der Waals surface area (Å²) in [5.41, 5.74) is 7.21. The standard InChI is InChI=1S/C27H35N5O4S3/c1-36-23-6-4-3-5-21(23)17-32(18-25(33)29-14-20-9-7-19(13-28)8-10-20)39(34,35)26-12-11-24(38-26)22-15-30-27(37-2)31-16-22/h3-6,11-12,15-16,19-20H,7-10,13-14,17-18,28H2,1-2H3,(H,29,33). The molecule has 2 aromatic heterocycles. The summed E-state index contributed by atoms with van der Waals surface area (Å²) in [6.07, 6.45) is 9.43. The van der Waals surface area contributed by atoms with Crippen LogP contribution in [0.2, 0.25) is 0 Å². The van der Waals surface area contributed by atoms with Crippen LogP contribution in [0.4, 0.5) is 0 Å². The first-order valence-electron chi connectivity index (χ1n) is 12.9. The van der Waals surface area contributed by atoms with Crippen molar-refractivity contribution in [3.05, 3.63) is 54.4 Å². The summed E-state index contributed by atoms with van der Waals surface area (Å²) >= 11 is 2.57. The summed E-state index contributed by atoms with van der Waals surface area (Å²) in [6, 6.07) is 10.5. The first kappa shape index (κ1) is 29.5. The highest BCUT2D eigenvalue weighted by Crippen LogP contribution is 2.33. The van der Waals surface area contributed by atoms with Gasteiger partial charge in [0.05, 0.1) is 13.7 Å². The van der Waals surface area contributed by atoms with Crippen LogP contribution in [0.15, 0.2) is 58.2 Å². The quantitative estimate of drug-likeness (QED) is 0.240. The second-order valence-electron chi connectivity index (χ2n) is 9.59. The van der Waals surface area contributed by atoms with Crippen molar-refractivity contribution in [2.45, 2.75) is 41.6 Å². The number of rotatable bonds is 12. The topological polar surface area (TPSA) is 128 Å². The molecule has 4 rings (SSSR count). The molecule has 0 unspecified atom stereocenters. The maximum Gasteiger partial charge on any atom is 0.253 e. The Bertz CT molecular complexity index is 1340. The van der Waals surface area contributed by atoms with Crippen molar-refractivity contribution < 1.29 is 17.9 Å². The van der Waals surface area contributed by atoms with Crippen LogP contribution in [-0.4, -0.2) is 61.6 Å². The average Bonchev–Trinajstić information content (AvgIpc) is 3.48. The molecule has 1 saturated carbocycles. The number of thiophene rings is 1. The summed E-state index contributed by atoms with van der Waals surface area (Å²) < 4.78 is 34.5. The van der Waals surface area contributed by atoms with Gasteiger partial charge in [0, 0.05) is 41.5 Å². The van der Waals surface area contributed by atoms with E-state index in [1.54, 1.807) is 43.8 Å². The fourth-order valence-corrected chi connectivity index (χ4v) is 7.81. The summed E-state index contributed by atoms with van der Waals surface area (Å²) in [7, 11) is -2.46. The van der Waals surface area contributed by atoms with E-state index in [9.17, 15) is 13.2 Å². The number of nitrogens with one attached hydrogen (secondary N) is 1. The number of hydrogen-bond donors (Lipinski definition) is 2. The van der Waals surface area contributed by atoms with E-state index in [1.165, 1.54) is 16.1 Å². The first-order chi connectivity index (χ1) is 18.8. The van der Waals surface area contributed by atoms with Gasteiger partial charge in [0.25, 0.3) is 10.0 Å². The highest BCUT2D eigenvalue weighted by molar-refractivity contribution is 7.98. The van der Waals surface area contributed by atoms with Crippen LogP contribution in [0.5, 0.6) is 5.75 Å². The molecule has 39 heavy (non-hydrogen) atoms. The van der Waals surface area contributed by atoms with Crippen LogP contribution in [0, 0.1) is 11.8 Å². The fourth-order valence-electron chi connectivity index (χ4n) is 4.69. The van der Waals surface area contributed by atoms with Crippen molar-refractivity contribution in [1.82, 2.24) is 19.6 Å². The monoisotopic (exact) mass is 589 g/mol. The maximum absolute atomic E-state index is 13.9. The normalized spacial score (nSPS) is 17.7. The van der Waals surface area contributed by atoms with E-state index in [0.29, 0.717) is 41.4 Å². The largest absolute Gasteiger partial charge is 0.496 e. The number of carbonyl (C=O) groups excluding carboxylic acids is 1. The van der Waals surface area contributed by atoms with Gasteiger partial charge in [-0.05, 0) is 68.5 Å². The Morgan fingerprint density at radius 2 is 1.82 bits per heavy atom. The third kappa shape index (κ3) is 7.57. The molecule has 0 bridgehead atoms. The molecule has 1 aromatic carbocycles. The lowest BCUT2D eigenvalue weighted by Crippen LogP contribution is -2.42. The minimum atomic E-state index is -4.00. The van der Waals surface area contributed by atoms with E-state index < -0.39 is 10.0 Å². The van der Waals surface area contributed by atoms with E-state index in [-0.39, 0.29) is 23.2 Å². The molecule has 12 heteroatoms. The van der Waals surface area contributed by atoms with Crippen molar-refractivity contribution >= 4 is 39.0 Å². The van der Waals surface area contributed by atoms with Gasteiger partial charge in [0.15, 0.2) is 5.16 Å². The molecule has 3 N–H and O–H groups in total. The van der Waals surface area contributed by atoms with Gasteiger partial charge in [-0.1, -0.05) is 30.0 Å². The predicted molar refractivity (Wildman–Crippen MR) is 155 cm³/mol. The van der Waals surface area contributed by atoms with E-state index in [0.717, 1.165) is 47.5 Å². The Kier molecular flexibility index (Phi) is 10.4. The number of benzene rings is 1. The number of nitrogens with two attached hydrogens (primary N) is 1. The zero-order valence-corrected chi connectivity index (χ0v) is 24.7. The Balaban J connectivity index is 1.52. The molecule has 0 atom stereocenters. The molecular weight excluding hydrogens is 555 g/mol. The van der Waals surface area contributed by atoms with Gasteiger partial charge in [-0.25, -0.2) is 18.4 Å². The van der Waals surface area contributed by atoms with E-state index in [4.69, 9.17) is 10.5 Å². The number of aromatic nitrogens is 2. The molecule has 9 nitrogen and oxygen atoms in total. The van der Waals surface area contributed by atoms with Crippen molar-refractivity contribution in [1.29, 1.82) is 0 Å². The van der Waals surface area contributed by atoms with Crippen LogP contribution in [0.1, 0.15) is 31.2 Å². The first-order valence-corrected chi connectivity index (χ1v) is 16.4. The van der Waals surface area contributed by atoms with Crippen LogP contribution < -0.4 is 15.8 Å². The molecule has 1 aliphatic carbocycles. The highest BCUT2D eigenvalue weighted by Gasteiger charge is 2.30. The summed E-state index contributed by atoms with van der Waals surface area (Å²) in [6.45, 7) is 0.945. The van der Waals surface area contributed by atoms with Crippen molar-refractivity contribution in [2.24, 2.45) is 17.6 Å². The van der Waals surface area contributed by atoms with Gasteiger partial charge in [-0.15, -0.1) is 11.3 Å². The van der Waals surface area contributed by atoms with Gasteiger partial charge in [0.1, 0.15) is 9.96 Å². The third-order valence-electron chi connectivity index (χ3n) is 7.02. The van der Waals surface area contributed by atoms with Gasteiger partial charge >= 0.3 is 0 Å². The fraction of sp³-hybridized carbons (Fsp3) is 0.444. The number of thioether (sulfide) groups is 1. The Morgan fingerprint density at radius 3 is 2.49 bits per heavy atom. The Hall–Kier alpha value is -2.51. The lowest BCUT2D eigenvalue weighted by molar-refractivity contribution is -0.121. The van der Waals surface area contributed by atoms with Crippen LogP contribution in [0.3, 0.4) is 0 Å². The summed E-state index contributed by atoms with van der Waals surface area (Å²) in [5.74, 6) is 1.18. The van der Waals surface area contributed by atoms with Crippen LogP contribution in [-0.2, 0) is 21.4 Å². The number of para-hydroxylation sites is 1. The third-order valence-corrected chi connectivity index (χ3v) is 11.0. The van der Waals surface area contributed by atoms with Crippen molar-refractivity contribution in [2.75, 3.05) is 33.0 Å². The molecule has 1 fully saturated rings. The Labute approximate surface area is 238 Å². The summed E-state index contributed by atoms with van der Waals surface area (Å²) in [5, 5.41) is 3.62. The number of amides is 1. The highest BCUT2D eigenvalue weighted by atomic mass is 32.2. The second kappa shape index (κ2) is 13.7. The van der Waals surface area contributed by atoms with Crippen molar-refractivity contribution in [3.63, 3.8) is 0 Å². The molecule has 2 heterocycles. The van der Waals surface area contributed by atoms with E-state index >= 15 is 0 Å². The number of methoxy groups -OCH3 is 1. The molecule has 210 valence electrons. The number of hydrogen-bond acceptors (Lipinski definition) is 9. The minimum Gasteiger partial charge on any atom is -0.496 e. The predicted octanol–water partition coefficient (Wildman–Crippen LogP) is 4.01. The number of sulfonamides is 1. The van der Waals surface area contributed by atoms with Gasteiger partial charge in [-0.3, -0.25) is 4.79 Å². The minimum absolute atomic E-state index is 0.000139. The zero-order valence-electron chi connectivity index (χ0n) is 22.2. The smallest absolute Gasteiger partial charge is 0.253 e. The average molecular weight is 590 g/mol. The molecule has 3 aromatic rings. The molecule has 0 radical (unpaired) electrons. The van der Waals surface area contributed by atoms with E-state index in [1.807, 2.05) is 18.4 Å². The number of nitrogens with zero attached hydrogens (tertiary/aromatic N) is 3. The SMILES string of the molecule is COc1ccccc1CN(CC(=O)NCC1CCC(CN)CC1)S(=O)(=O)c1ccc(-c2cnc(SC)nc2)s1. The molecule has 1 aliphatic rings. The van der Waals surface area contributed by atoms with E-state index in [2.05, 4.69) is 15.3 Å².